The molecule has 110 valence electrons. The van der Waals surface area contributed by atoms with Crippen LogP contribution in [-0.4, -0.2) is 42.2 Å². The van der Waals surface area contributed by atoms with E-state index in [-0.39, 0.29) is 0 Å². The molecule has 0 aliphatic heterocycles. The lowest BCUT2D eigenvalue weighted by atomic mass is 10.2. The number of benzene rings is 1. The van der Waals surface area contributed by atoms with Crippen molar-refractivity contribution in [3.63, 3.8) is 0 Å². The summed E-state index contributed by atoms with van der Waals surface area (Å²) in [6.45, 7) is 0. The van der Waals surface area contributed by atoms with Crippen LogP contribution in [0.4, 0.5) is 14.9 Å². The van der Waals surface area contributed by atoms with Gasteiger partial charge in [-0.15, -0.1) is 0 Å². The molecular weight excluding hydrogens is 283 g/mol. The van der Waals surface area contributed by atoms with E-state index >= 15 is 0 Å². The maximum atomic E-state index is 12.8. The van der Waals surface area contributed by atoms with Gasteiger partial charge in [0, 0.05) is 12.7 Å². The van der Waals surface area contributed by atoms with Gasteiger partial charge in [-0.05, 0) is 42.7 Å². The zero-order valence-electron chi connectivity index (χ0n) is 11.3. The van der Waals surface area contributed by atoms with Crippen LogP contribution in [0, 0.1) is 5.82 Å². The van der Waals surface area contributed by atoms with Crippen molar-refractivity contribution in [1.82, 2.24) is 5.32 Å². The Morgan fingerprint density at radius 3 is 2.50 bits per heavy atom. The minimum atomic E-state index is -1.07. The van der Waals surface area contributed by atoms with Gasteiger partial charge < -0.3 is 10.4 Å². The molecule has 0 fully saturated rings. The van der Waals surface area contributed by atoms with E-state index in [9.17, 15) is 14.0 Å². The molecule has 1 aromatic rings. The number of nitrogens with zero attached hydrogens (tertiary/aromatic N) is 1. The molecule has 7 heteroatoms. The first kappa shape index (κ1) is 16.3. The zero-order valence-corrected chi connectivity index (χ0v) is 12.1. The summed E-state index contributed by atoms with van der Waals surface area (Å²) in [6, 6.07) is 3.91. The number of thioether (sulfide) groups is 1. The molecule has 0 saturated carbocycles. The maximum Gasteiger partial charge on any atom is 0.326 e. The number of nitrogens with one attached hydrogen (secondary N) is 1. The largest absolute Gasteiger partial charge is 0.480 e. The second-order valence-electron chi connectivity index (χ2n) is 4.16. The van der Waals surface area contributed by atoms with Crippen LogP contribution in [-0.2, 0) is 4.79 Å². The highest BCUT2D eigenvalue weighted by Gasteiger charge is 2.21. The molecule has 1 aromatic carbocycles. The normalized spacial score (nSPS) is 11.8. The van der Waals surface area contributed by atoms with Gasteiger partial charge in [-0.25, -0.2) is 14.0 Å². The van der Waals surface area contributed by atoms with Crippen molar-refractivity contribution in [2.75, 3.05) is 24.0 Å². The van der Waals surface area contributed by atoms with E-state index in [0.29, 0.717) is 17.9 Å². The number of hydrogen-bond acceptors (Lipinski definition) is 3. The summed E-state index contributed by atoms with van der Waals surface area (Å²) in [7, 11) is 1.50. The summed E-state index contributed by atoms with van der Waals surface area (Å²) in [5, 5.41) is 11.5. The Kier molecular flexibility index (Phi) is 6.30. The lowest BCUT2D eigenvalue weighted by Crippen LogP contribution is -2.47. The summed E-state index contributed by atoms with van der Waals surface area (Å²) in [5.41, 5.74) is 0.484. The number of halogens is 1. The Labute approximate surface area is 121 Å². The maximum absolute atomic E-state index is 12.8. The minimum Gasteiger partial charge on any atom is -0.480 e. The third-order valence-corrected chi connectivity index (χ3v) is 3.37. The molecule has 5 nitrogen and oxygen atoms in total. The summed E-state index contributed by atoms with van der Waals surface area (Å²) in [6.07, 6.45) is 2.21. The first-order chi connectivity index (χ1) is 9.45. The van der Waals surface area contributed by atoms with Crippen molar-refractivity contribution < 1.29 is 19.1 Å². The van der Waals surface area contributed by atoms with E-state index in [0.717, 1.165) is 0 Å². The standard InChI is InChI=1S/C13H17FN2O3S/c1-16(10-5-3-9(14)4-6-10)13(19)15-11(12(17)18)7-8-20-2/h3-6,11H,7-8H2,1-2H3,(H,15,19)(H,17,18)/t11-/m1/s1. The molecule has 20 heavy (non-hydrogen) atoms. The number of anilines is 1. The molecule has 2 amide bonds. The second kappa shape index (κ2) is 7.74. The molecule has 0 spiro atoms. The molecule has 1 atom stereocenters. The van der Waals surface area contributed by atoms with Crippen LogP contribution in [0.2, 0.25) is 0 Å². The smallest absolute Gasteiger partial charge is 0.326 e. The van der Waals surface area contributed by atoms with Gasteiger partial charge in [-0.1, -0.05) is 0 Å². The van der Waals surface area contributed by atoms with Crippen LogP contribution in [0.15, 0.2) is 24.3 Å². The minimum absolute atomic E-state index is 0.347. The van der Waals surface area contributed by atoms with Gasteiger partial charge in [0.25, 0.3) is 0 Å². The SMILES string of the molecule is CSCC[C@@H](NC(=O)N(C)c1ccc(F)cc1)C(=O)O. The molecule has 0 bridgehead atoms. The lowest BCUT2D eigenvalue weighted by molar-refractivity contribution is -0.139. The first-order valence-corrected chi connectivity index (χ1v) is 7.36. The number of hydrogen-bond donors (Lipinski definition) is 2. The van der Waals surface area contributed by atoms with Crippen LogP contribution in [0.25, 0.3) is 0 Å². The highest BCUT2D eigenvalue weighted by Crippen LogP contribution is 2.13. The number of carboxylic acids is 1. The Hall–Kier alpha value is -1.76. The van der Waals surface area contributed by atoms with E-state index in [4.69, 9.17) is 5.11 Å². The Morgan fingerprint density at radius 1 is 1.40 bits per heavy atom. The van der Waals surface area contributed by atoms with E-state index in [1.807, 2.05) is 6.26 Å². The number of urea groups is 1. The van der Waals surface area contributed by atoms with Crippen molar-refractivity contribution in [3.05, 3.63) is 30.1 Å². The van der Waals surface area contributed by atoms with Gasteiger partial charge in [-0.2, -0.15) is 11.8 Å². The van der Waals surface area contributed by atoms with Gasteiger partial charge >= 0.3 is 12.0 Å². The van der Waals surface area contributed by atoms with E-state index < -0.39 is 23.9 Å². The molecule has 2 N–H and O–H groups in total. The van der Waals surface area contributed by atoms with Gasteiger partial charge in [0.15, 0.2) is 0 Å². The van der Waals surface area contributed by atoms with E-state index in [1.165, 1.54) is 48.0 Å². The summed E-state index contributed by atoms with van der Waals surface area (Å²) < 4.78 is 12.8. The van der Waals surface area contributed by atoms with Crippen LogP contribution < -0.4 is 10.2 Å². The highest BCUT2D eigenvalue weighted by atomic mass is 32.2. The monoisotopic (exact) mass is 300 g/mol. The molecule has 0 saturated heterocycles. The van der Waals surface area contributed by atoms with Crippen LogP contribution in [0.3, 0.4) is 0 Å². The molecule has 0 aliphatic carbocycles. The van der Waals surface area contributed by atoms with Gasteiger partial charge in [0.1, 0.15) is 11.9 Å². The molecule has 1 rings (SSSR count). The van der Waals surface area contributed by atoms with Crippen molar-refractivity contribution in [2.45, 2.75) is 12.5 Å². The van der Waals surface area contributed by atoms with Crippen molar-refractivity contribution in [2.24, 2.45) is 0 Å². The average Bonchev–Trinajstić information content (AvgIpc) is 2.42. The number of carboxylic acid groups (broad SMARTS) is 1. The van der Waals surface area contributed by atoms with Crippen molar-refractivity contribution in [1.29, 1.82) is 0 Å². The van der Waals surface area contributed by atoms with Crippen LogP contribution in [0.1, 0.15) is 6.42 Å². The number of rotatable bonds is 6. The molecule has 0 aromatic heterocycles. The molecule has 0 unspecified atom stereocenters. The van der Waals surface area contributed by atoms with Gasteiger partial charge in [0.2, 0.25) is 0 Å². The fourth-order valence-corrected chi connectivity index (χ4v) is 1.99. The predicted molar refractivity (Wildman–Crippen MR) is 77.8 cm³/mol. The van der Waals surface area contributed by atoms with Crippen LogP contribution in [0.5, 0.6) is 0 Å². The first-order valence-electron chi connectivity index (χ1n) is 5.97. The molecule has 0 heterocycles. The summed E-state index contributed by atoms with van der Waals surface area (Å²) in [4.78, 5) is 24.3. The number of aliphatic carboxylic acids is 1. The highest BCUT2D eigenvalue weighted by molar-refractivity contribution is 7.98. The third kappa shape index (κ3) is 4.73. The Balaban J connectivity index is 2.68. The topological polar surface area (TPSA) is 69.6 Å². The summed E-state index contributed by atoms with van der Waals surface area (Å²) >= 11 is 1.51. The van der Waals surface area contributed by atoms with Crippen molar-refractivity contribution in [3.8, 4) is 0 Å². The Morgan fingerprint density at radius 2 is 2.00 bits per heavy atom. The van der Waals surface area contributed by atoms with Crippen molar-refractivity contribution >= 4 is 29.4 Å². The van der Waals surface area contributed by atoms with E-state index in [2.05, 4.69) is 5.32 Å². The molecule has 0 aliphatic rings. The Bertz CT molecular complexity index is 467. The molecular formula is C13H17FN2O3S. The lowest BCUT2D eigenvalue weighted by Gasteiger charge is -2.21. The summed E-state index contributed by atoms with van der Waals surface area (Å²) in [5.74, 6) is -0.830. The number of carbonyl (C=O) groups is 2. The average molecular weight is 300 g/mol. The number of amides is 2. The second-order valence-corrected chi connectivity index (χ2v) is 5.14. The van der Waals surface area contributed by atoms with Gasteiger partial charge in [-0.3, -0.25) is 4.90 Å². The third-order valence-electron chi connectivity index (χ3n) is 2.73. The zero-order chi connectivity index (χ0) is 15.1. The molecule has 0 radical (unpaired) electrons. The number of carbonyl (C=O) groups excluding carboxylic acids is 1. The predicted octanol–water partition coefficient (Wildman–Crippen LogP) is 2.18. The fraction of sp³-hybridized carbons (Fsp3) is 0.385. The fourth-order valence-electron chi connectivity index (χ4n) is 1.52. The van der Waals surface area contributed by atoms with Gasteiger partial charge in [0.05, 0.1) is 0 Å². The van der Waals surface area contributed by atoms with E-state index in [1.54, 1.807) is 0 Å². The quantitative estimate of drug-likeness (QED) is 0.845. The van der Waals surface area contributed by atoms with Crippen LogP contribution >= 0.6 is 11.8 Å².